The van der Waals surface area contributed by atoms with E-state index in [4.69, 9.17) is 0 Å². The van der Waals surface area contributed by atoms with Crippen LogP contribution in [-0.2, 0) is 22.4 Å². The van der Waals surface area contributed by atoms with E-state index in [1.165, 1.54) is 9.80 Å². The normalized spacial score (nSPS) is 20.9. The summed E-state index contributed by atoms with van der Waals surface area (Å²) in [5.74, 6) is 0.00580. The Labute approximate surface area is 211 Å². The molecule has 2 fully saturated rings. The van der Waals surface area contributed by atoms with Crippen LogP contribution >= 0.6 is 11.8 Å². The van der Waals surface area contributed by atoms with E-state index in [1.54, 1.807) is 18.0 Å². The van der Waals surface area contributed by atoms with Crippen molar-refractivity contribution in [2.45, 2.75) is 55.9 Å². The molecule has 0 aliphatic carbocycles. The molecule has 35 heavy (non-hydrogen) atoms. The van der Waals surface area contributed by atoms with E-state index in [9.17, 15) is 14.4 Å². The number of likely N-dealkylation sites (tertiary alicyclic amines) is 1. The lowest BCUT2D eigenvalue weighted by Crippen LogP contribution is -2.56. The number of thioether (sulfide) groups is 1. The Kier molecular flexibility index (Phi) is 8.11. The zero-order chi connectivity index (χ0) is 24.8. The van der Waals surface area contributed by atoms with Crippen molar-refractivity contribution in [3.63, 3.8) is 0 Å². The van der Waals surface area contributed by atoms with Crippen molar-refractivity contribution in [2.24, 2.45) is 5.92 Å². The van der Waals surface area contributed by atoms with Gasteiger partial charge in [-0.1, -0.05) is 31.5 Å². The van der Waals surface area contributed by atoms with Crippen molar-refractivity contribution in [1.29, 1.82) is 0 Å². The summed E-state index contributed by atoms with van der Waals surface area (Å²) in [4.78, 5) is 48.1. The minimum Gasteiger partial charge on any atom is -0.342 e. The lowest BCUT2D eigenvalue weighted by molar-refractivity contribution is -0.136. The number of hydrogen-bond donors (Lipinski definition) is 1. The summed E-state index contributed by atoms with van der Waals surface area (Å²) in [6.45, 7) is 3.57. The maximum Gasteiger partial charge on any atom is 0.325 e. The lowest BCUT2D eigenvalue weighted by Gasteiger charge is -2.41. The molecule has 0 saturated carbocycles. The SMILES string of the molecule is CCC[C@@]1(C2CCN(C(=O)Cc3ccc(SC)cc3)CC2)NC(=O)N(CCc2ccccn2)C1=O. The highest BCUT2D eigenvalue weighted by atomic mass is 32.2. The second-order valence-electron chi connectivity index (χ2n) is 9.36. The van der Waals surface area contributed by atoms with Crippen LogP contribution in [0.2, 0.25) is 0 Å². The maximum atomic E-state index is 13.6. The van der Waals surface area contributed by atoms with E-state index in [0.29, 0.717) is 51.7 Å². The van der Waals surface area contributed by atoms with Crippen LogP contribution in [0.1, 0.15) is 43.9 Å². The van der Waals surface area contributed by atoms with Gasteiger partial charge in [-0.05, 0) is 61.3 Å². The fourth-order valence-electron chi connectivity index (χ4n) is 5.32. The first kappa shape index (κ1) is 25.2. The van der Waals surface area contributed by atoms with Gasteiger partial charge in [0.15, 0.2) is 0 Å². The zero-order valence-electron chi connectivity index (χ0n) is 20.5. The molecule has 1 atom stereocenters. The smallest absolute Gasteiger partial charge is 0.325 e. The Morgan fingerprint density at radius 2 is 1.89 bits per heavy atom. The van der Waals surface area contributed by atoms with Gasteiger partial charge in [-0.15, -0.1) is 11.8 Å². The highest BCUT2D eigenvalue weighted by Gasteiger charge is 2.55. The van der Waals surface area contributed by atoms with Crippen LogP contribution in [0.4, 0.5) is 4.79 Å². The molecule has 0 radical (unpaired) electrons. The van der Waals surface area contributed by atoms with Crippen LogP contribution in [0.15, 0.2) is 53.6 Å². The number of nitrogens with one attached hydrogen (secondary N) is 1. The molecule has 7 nitrogen and oxygen atoms in total. The van der Waals surface area contributed by atoms with Gasteiger partial charge in [0.1, 0.15) is 5.54 Å². The minimum atomic E-state index is -0.876. The Morgan fingerprint density at radius 3 is 2.51 bits per heavy atom. The van der Waals surface area contributed by atoms with Crippen LogP contribution in [-0.4, -0.2) is 64.1 Å². The first-order chi connectivity index (χ1) is 17.0. The number of urea groups is 1. The fourth-order valence-corrected chi connectivity index (χ4v) is 5.72. The van der Waals surface area contributed by atoms with Crippen molar-refractivity contribution in [2.75, 3.05) is 25.9 Å². The number of amides is 4. The third-order valence-corrected chi connectivity index (χ3v) is 7.97. The summed E-state index contributed by atoms with van der Waals surface area (Å²) in [7, 11) is 0. The van der Waals surface area contributed by atoms with Crippen LogP contribution < -0.4 is 5.32 Å². The average molecular weight is 495 g/mol. The van der Waals surface area contributed by atoms with Crippen LogP contribution in [0.5, 0.6) is 0 Å². The third kappa shape index (κ3) is 5.53. The van der Waals surface area contributed by atoms with Gasteiger partial charge >= 0.3 is 6.03 Å². The molecule has 3 heterocycles. The Balaban J connectivity index is 1.38. The molecule has 1 aromatic heterocycles. The third-order valence-electron chi connectivity index (χ3n) is 7.22. The molecule has 1 aromatic carbocycles. The summed E-state index contributed by atoms with van der Waals surface area (Å²) < 4.78 is 0. The Bertz CT molecular complexity index is 1040. The van der Waals surface area contributed by atoms with Crippen molar-refractivity contribution in [3.05, 3.63) is 59.9 Å². The fraction of sp³-hybridized carbons (Fsp3) is 0.481. The molecule has 2 aliphatic rings. The lowest BCUT2D eigenvalue weighted by atomic mass is 9.74. The summed E-state index contributed by atoms with van der Waals surface area (Å²) in [5, 5.41) is 3.08. The number of pyridine rings is 1. The number of rotatable bonds is 9. The maximum absolute atomic E-state index is 13.6. The van der Waals surface area contributed by atoms with E-state index in [0.717, 1.165) is 17.7 Å². The van der Waals surface area contributed by atoms with E-state index >= 15 is 0 Å². The van der Waals surface area contributed by atoms with E-state index in [-0.39, 0.29) is 23.8 Å². The molecule has 186 valence electrons. The molecule has 0 bridgehead atoms. The number of piperidine rings is 1. The largest absolute Gasteiger partial charge is 0.342 e. The minimum absolute atomic E-state index is 0.0173. The summed E-state index contributed by atoms with van der Waals surface area (Å²) in [5.41, 5.74) is 0.994. The number of benzene rings is 1. The van der Waals surface area contributed by atoms with Crippen molar-refractivity contribution in [1.82, 2.24) is 20.1 Å². The van der Waals surface area contributed by atoms with Gasteiger partial charge in [-0.2, -0.15) is 0 Å². The average Bonchev–Trinajstić information content (AvgIpc) is 3.13. The molecular formula is C27H34N4O3S. The quantitative estimate of drug-likeness (QED) is 0.422. The van der Waals surface area contributed by atoms with E-state index < -0.39 is 5.54 Å². The van der Waals surface area contributed by atoms with E-state index in [1.807, 2.05) is 60.5 Å². The van der Waals surface area contributed by atoms with Gasteiger partial charge in [0.25, 0.3) is 5.91 Å². The molecule has 8 heteroatoms. The van der Waals surface area contributed by atoms with Crippen LogP contribution in [0, 0.1) is 5.92 Å². The topological polar surface area (TPSA) is 82.6 Å². The molecule has 2 aromatic rings. The highest BCUT2D eigenvalue weighted by Crippen LogP contribution is 2.37. The van der Waals surface area contributed by atoms with Gasteiger partial charge in [0.05, 0.1) is 6.42 Å². The van der Waals surface area contributed by atoms with Gasteiger partial charge in [-0.25, -0.2) is 4.79 Å². The van der Waals surface area contributed by atoms with Crippen LogP contribution in [0.3, 0.4) is 0 Å². The molecule has 2 aliphatic heterocycles. The first-order valence-corrected chi connectivity index (χ1v) is 13.6. The molecular weight excluding hydrogens is 460 g/mol. The van der Waals surface area contributed by atoms with Crippen LogP contribution in [0.25, 0.3) is 0 Å². The number of carbonyl (C=O) groups excluding carboxylic acids is 3. The summed E-state index contributed by atoms with van der Waals surface area (Å²) in [6, 6.07) is 13.5. The molecule has 2 saturated heterocycles. The van der Waals surface area contributed by atoms with Gasteiger partial charge in [0, 0.05) is 42.8 Å². The molecule has 4 amide bonds. The number of aromatic nitrogens is 1. The number of carbonyl (C=O) groups is 3. The zero-order valence-corrected chi connectivity index (χ0v) is 21.4. The molecule has 1 N–H and O–H groups in total. The van der Waals surface area contributed by atoms with Gasteiger partial charge < -0.3 is 10.2 Å². The van der Waals surface area contributed by atoms with Crippen molar-refractivity contribution in [3.8, 4) is 0 Å². The van der Waals surface area contributed by atoms with Crippen molar-refractivity contribution < 1.29 is 14.4 Å². The second kappa shape index (κ2) is 11.2. The van der Waals surface area contributed by atoms with E-state index in [2.05, 4.69) is 10.3 Å². The molecule has 0 spiro atoms. The first-order valence-electron chi connectivity index (χ1n) is 12.4. The number of hydrogen-bond acceptors (Lipinski definition) is 5. The predicted octanol–water partition coefficient (Wildman–Crippen LogP) is 3.92. The second-order valence-corrected chi connectivity index (χ2v) is 10.2. The van der Waals surface area contributed by atoms with Gasteiger partial charge in [0.2, 0.25) is 5.91 Å². The van der Waals surface area contributed by atoms with Gasteiger partial charge in [-0.3, -0.25) is 19.5 Å². The predicted molar refractivity (Wildman–Crippen MR) is 137 cm³/mol. The number of nitrogens with zero attached hydrogens (tertiary/aromatic N) is 3. The monoisotopic (exact) mass is 494 g/mol. The molecule has 0 unspecified atom stereocenters. The summed E-state index contributed by atoms with van der Waals surface area (Å²) in [6.07, 6.45) is 7.49. The Morgan fingerprint density at radius 1 is 1.14 bits per heavy atom. The van der Waals surface area contributed by atoms with Crippen molar-refractivity contribution >= 4 is 29.6 Å². The Hall–Kier alpha value is -2.87. The standard InChI is InChI=1S/C27H34N4O3S/c1-3-14-27(25(33)31(26(34)29-27)18-13-22-6-4-5-15-28-22)21-11-16-30(17-12-21)24(32)19-20-7-9-23(35-2)10-8-20/h4-10,15,21H,3,11-14,16-19H2,1-2H3,(H,29,34)/t27-/m0/s1. The highest BCUT2D eigenvalue weighted by molar-refractivity contribution is 7.98. The molecule has 4 rings (SSSR count). The number of imide groups is 1. The summed E-state index contributed by atoms with van der Waals surface area (Å²) >= 11 is 1.68.